The smallest absolute Gasteiger partial charge is 0.226 e. The lowest BCUT2D eigenvalue weighted by Gasteiger charge is -2.45. The van der Waals surface area contributed by atoms with E-state index in [9.17, 15) is 24.0 Å². The number of nitrogens with two attached hydrogens (primary N) is 2. The molecule has 5 N–H and O–H groups in total. The summed E-state index contributed by atoms with van der Waals surface area (Å²) < 4.78 is 0. The summed E-state index contributed by atoms with van der Waals surface area (Å²) in [5, 5.41) is 3.04. The Morgan fingerprint density at radius 2 is 1.32 bits per heavy atom. The van der Waals surface area contributed by atoms with Gasteiger partial charge < -0.3 is 26.6 Å². The molecule has 10 heteroatoms. The molecule has 0 aliphatic carbocycles. The van der Waals surface area contributed by atoms with Crippen molar-refractivity contribution in [3.8, 4) is 0 Å². The monoisotopic (exact) mass is 763 g/mol. The first-order valence-corrected chi connectivity index (χ1v) is 20.5. The minimum absolute atomic E-state index is 0.0119. The van der Waals surface area contributed by atoms with Crippen molar-refractivity contribution in [2.45, 2.75) is 102 Å². The van der Waals surface area contributed by atoms with Crippen LogP contribution in [0.5, 0.6) is 0 Å². The summed E-state index contributed by atoms with van der Waals surface area (Å²) in [4.78, 5) is 73.6. The van der Waals surface area contributed by atoms with Crippen LogP contribution in [0.2, 0.25) is 0 Å². The highest BCUT2D eigenvalue weighted by Crippen LogP contribution is 2.39. The Kier molecular flexibility index (Phi) is 15.5. The molecule has 0 radical (unpaired) electrons. The zero-order chi connectivity index (χ0) is 40.1. The van der Waals surface area contributed by atoms with E-state index in [0.29, 0.717) is 77.5 Å². The lowest BCUT2D eigenvalue weighted by Crippen LogP contribution is -2.57. The molecule has 56 heavy (non-hydrogen) atoms. The number of ketones is 3. The zero-order valence-electron chi connectivity index (χ0n) is 33.2. The van der Waals surface area contributed by atoms with Crippen LogP contribution in [-0.2, 0) is 36.8 Å². The third-order valence-electron chi connectivity index (χ3n) is 11.6. The molecule has 0 unspecified atom stereocenters. The Bertz CT molecular complexity index is 1740. The maximum atomic E-state index is 14.3. The van der Waals surface area contributed by atoms with Crippen LogP contribution in [0, 0.1) is 17.8 Å². The molecule has 2 saturated heterocycles. The molecule has 300 valence electrons. The normalized spacial score (nSPS) is 17.4. The van der Waals surface area contributed by atoms with Gasteiger partial charge in [-0.1, -0.05) is 99.1 Å². The van der Waals surface area contributed by atoms with Crippen molar-refractivity contribution in [3.05, 3.63) is 102 Å². The van der Waals surface area contributed by atoms with Gasteiger partial charge in [-0.25, -0.2) is 0 Å². The van der Waals surface area contributed by atoms with Crippen LogP contribution >= 0.6 is 0 Å². The lowest BCUT2D eigenvalue weighted by atomic mass is 9.82. The summed E-state index contributed by atoms with van der Waals surface area (Å²) in [6.07, 6.45) is 4.52. The number of nitrogens with one attached hydrogen (secondary N) is 1. The number of likely N-dealkylation sites (tertiary alicyclic amines) is 1. The molecule has 3 aromatic rings. The van der Waals surface area contributed by atoms with Gasteiger partial charge in [0.1, 0.15) is 5.54 Å². The molecular weight excluding hydrogens is 703 g/mol. The van der Waals surface area contributed by atoms with E-state index in [1.165, 1.54) is 0 Å². The Morgan fingerprint density at radius 3 is 1.91 bits per heavy atom. The number of carbonyl (C=O) groups is 5. The Balaban J connectivity index is 1.28. The highest BCUT2D eigenvalue weighted by molar-refractivity contribution is 5.97. The summed E-state index contributed by atoms with van der Waals surface area (Å²) >= 11 is 0. The lowest BCUT2D eigenvalue weighted by molar-refractivity contribution is -0.141. The van der Waals surface area contributed by atoms with E-state index in [2.05, 4.69) is 10.2 Å². The minimum Gasteiger partial charge on any atom is -0.358 e. The van der Waals surface area contributed by atoms with Crippen molar-refractivity contribution in [1.29, 1.82) is 0 Å². The SMILES string of the molecule is CC(C)C[C@@H](NC(=O)[C@H](CC(=O)[C@H](N)Cc1ccccc1)Cc1ccccc1)C(=O)C[C@H](CCCCN)C(=O)N1CCC2(CC1)C(=O)CCN2c1ccccc1. The van der Waals surface area contributed by atoms with E-state index < -0.39 is 29.5 Å². The zero-order valence-corrected chi connectivity index (χ0v) is 33.2. The fourth-order valence-corrected chi connectivity index (χ4v) is 8.50. The number of carbonyl (C=O) groups excluding carboxylic acids is 5. The molecule has 2 heterocycles. The predicted octanol–water partition coefficient (Wildman–Crippen LogP) is 5.45. The van der Waals surface area contributed by atoms with Crippen LogP contribution in [0.15, 0.2) is 91.0 Å². The van der Waals surface area contributed by atoms with Crippen molar-refractivity contribution in [3.63, 3.8) is 0 Å². The van der Waals surface area contributed by atoms with Gasteiger partial charge in [0.15, 0.2) is 17.3 Å². The number of amides is 2. The maximum Gasteiger partial charge on any atom is 0.226 e. The van der Waals surface area contributed by atoms with Crippen molar-refractivity contribution in [1.82, 2.24) is 10.2 Å². The van der Waals surface area contributed by atoms with E-state index in [-0.39, 0.29) is 47.9 Å². The number of piperidine rings is 1. The molecule has 2 fully saturated rings. The molecule has 4 atom stereocenters. The molecule has 0 bridgehead atoms. The fraction of sp³-hybridized carbons (Fsp3) is 0.500. The summed E-state index contributed by atoms with van der Waals surface area (Å²) in [5.74, 6) is -1.86. The molecular formula is C46H61N5O5. The quantitative estimate of drug-likeness (QED) is 0.128. The van der Waals surface area contributed by atoms with Crippen molar-refractivity contribution >= 4 is 34.9 Å². The van der Waals surface area contributed by atoms with Gasteiger partial charge in [0.2, 0.25) is 11.8 Å². The largest absolute Gasteiger partial charge is 0.358 e. The molecule has 2 amide bonds. The molecule has 2 aliphatic rings. The van der Waals surface area contributed by atoms with Gasteiger partial charge in [0.25, 0.3) is 0 Å². The predicted molar refractivity (Wildman–Crippen MR) is 221 cm³/mol. The second-order valence-electron chi connectivity index (χ2n) is 16.2. The number of Topliss-reactive ketones (excluding diaryl/α,β-unsaturated/α-hetero) is 3. The van der Waals surface area contributed by atoms with Crippen LogP contribution in [0.25, 0.3) is 0 Å². The van der Waals surface area contributed by atoms with Crippen LogP contribution in [0.3, 0.4) is 0 Å². The highest BCUT2D eigenvalue weighted by Gasteiger charge is 2.50. The van der Waals surface area contributed by atoms with Gasteiger partial charge in [-0.2, -0.15) is 0 Å². The Labute approximate surface area is 332 Å². The second kappa shape index (κ2) is 20.5. The van der Waals surface area contributed by atoms with Crippen molar-refractivity contribution in [2.24, 2.45) is 29.2 Å². The van der Waals surface area contributed by atoms with Crippen LogP contribution in [0.1, 0.15) is 82.8 Å². The van der Waals surface area contributed by atoms with Gasteiger partial charge in [-0.05, 0) is 80.7 Å². The van der Waals surface area contributed by atoms with E-state index in [1.807, 2.05) is 110 Å². The van der Waals surface area contributed by atoms with Crippen LogP contribution < -0.4 is 21.7 Å². The standard InChI is InChI=1S/C46H61N5O5/c1-33(2)28-40(49-44(55)37(29-34-14-6-3-7-15-34)32-41(52)39(48)30-35-16-8-4-9-17-35)42(53)31-36(18-12-13-24-47)45(56)50-26-22-46(23-27-50)43(54)21-25-51(46)38-19-10-5-11-20-38/h3-11,14-17,19-20,33,36-37,39-40H,12-13,18,21-32,47-48H2,1-2H3,(H,49,55)/t36-,37-,39+,40+/m0/s1. The number of rotatable bonds is 20. The Hall–Kier alpha value is -4.67. The summed E-state index contributed by atoms with van der Waals surface area (Å²) in [6.45, 7) is 6.01. The van der Waals surface area contributed by atoms with E-state index in [1.54, 1.807) is 0 Å². The first kappa shape index (κ1) is 42.5. The molecule has 10 nitrogen and oxygen atoms in total. The van der Waals surface area contributed by atoms with Gasteiger partial charge >= 0.3 is 0 Å². The second-order valence-corrected chi connectivity index (χ2v) is 16.2. The van der Waals surface area contributed by atoms with Crippen LogP contribution in [0.4, 0.5) is 5.69 Å². The first-order valence-electron chi connectivity index (χ1n) is 20.5. The van der Waals surface area contributed by atoms with Gasteiger partial charge in [0.05, 0.1) is 12.1 Å². The van der Waals surface area contributed by atoms with Gasteiger partial charge in [-0.15, -0.1) is 0 Å². The molecule has 3 aromatic carbocycles. The average Bonchev–Trinajstić information content (AvgIpc) is 3.51. The van der Waals surface area contributed by atoms with E-state index in [4.69, 9.17) is 11.5 Å². The van der Waals surface area contributed by atoms with E-state index in [0.717, 1.165) is 23.2 Å². The maximum absolute atomic E-state index is 14.3. The summed E-state index contributed by atoms with van der Waals surface area (Å²) in [7, 11) is 0. The topological polar surface area (TPSA) is 156 Å². The molecule has 1 spiro atoms. The van der Waals surface area contributed by atoms with Crippen molar-refractivity contribution in [2.75, 3.05) is 31.1 Å². The Morgan fingerprint density at radius 1 is 0.750 bits per heavy atom. The minimum atomic E-state index is -0.821. The third-order valence-corrected chi connectivity index (χ3v) is 11.6. The molecule has 5 rings (SSSR count). The number of benzene rings is 3. The van der Waals surface area contributed by atoms with Gasteiger partial charge in [0, 0.05) is 56.4 Å². The number of nitrogens with zero attached hydrogens (tertiary/aromatic N) is 2. The summed E-state index contributed by atoms with van der Waals surface area (Å²) in [5.41, 5.74) is 14.5. The molecule has 0 aromatic heterocycles. The average molecular weight is 764 g/mol. The molecule has 0 saturated carbocycles. The number of para-hydroxylation sites is 1. The van der Waals surface area contributed by atoms with Crippen molar-refractivity contribution < 1.29 is 24.0 Å². The number of unbranched alkanes of at least 4 members (excludes halogenated alkanes) is 1. The first-order chi connectivity index (χ1) is 27.0. The third kappa shape index (κ3) is 11.2. The highest BCUT2D eigenvalue weighted by atomic mass is 16.2. The van der Waals surface area contributed by atoms with Crippen LogP contribution in [-0.4, -0.2) is 77.9 Å². The summed E-state index contributed by atoms with van der Waals surface area (Å²) in [6, 6.07) is 27.5. The fourth-order valence-electron chi connectivity index (χ4n) is 8.50. The van der Waals surface area contributed by atoms with Gasteiger partial charge in [-0.3, -0.25) is 24.0 Å². The number of anilines is 1. The number of hydrogen-bond acceptors (Lipinski definition) is 8. The number of hydrogen-bond donors (Lipinski definition) is 3. The van der Waals surface area contributed by atoms with E-state index >= 15 is 0 Å². The molecule has 2 aliphatic heterocycles.